The van der Waals surface area contributed by atoms with Crippen LogP contribution in [0.5, 0.6) is 0 Å². The summed E-state index contributed by atoms with van der Waals surface area (Å²) in [6.45, 7) is 8.48. The average molecular weight is 484 g/mol. The van der Waals surface area contributed by atoms with Crippen molar-refractivity contribution >= 4 is 34.5 Å². The van der Waals surface area contributed by atoms with Gasteiger partial charge in [-0.3, -0.25) is 14.6 Å². The van der Waals surface area contributed by atoms with Gasteiger partial charge in [0, 0.05) is 55.8 Å². The van der Waals surface area contributed by atoms with Gasteiger partial charge in [-0.15, -0.1) is 22.7 Å². The Bertz CT molecular complexity index is 1100. The van der Waals surface area contributed by atoms with E-state index in [1.165, 1.54) is 11.3 Å². The molecule has 9 heteroatoms. The molecule has 0 aromatic carbocycles. The monoisotopic (exact) mass is 483 g/mol. The van der Waals surface area contributed by atoms with Crippen LogP contribution in [0.3, 0.4) is 0 Å². The van der Waals surface area contributed by atoms with Gasteiger partial charge in [0.1, 0.15) is 10.6 Å². The van der Waals surface area contributed by atoms with Gasteiger partial charge in [0.15, 0.2) is 0 Å². The molecule has 2 amide bonds. The second-order valence-electron chi connectivity index (χ2n) is 8.24. The fraction of sp³-hybridized carbons (Fsp3) is 0.458. The number of hydrogen-bond acceptors (Lipinski definition) is 7. The van der Waals surface area contributed by atoms with Gasteiger partial charge in [-0.25, -0.2) is 9.97 Å². The number of pyridine rings is 1. The van der Waals surface area contributed by atoms with Gasteiger partial charge >= 0.3 is 0 Å². The number of carbonyl (C=O) groups is 2. The molecule has 3 aromatic rings. The Labute approximate surface area is 202 Å². The summed E-state index contributed by atoms with van der Waals surface area (Å²) in [7, 11) is 0. The van der Waals surface area contributed by atoms with Gasteiger partial charge in [-0.2, -0.15) is 0 Å². The minimum absolute atomic E-state index is 0.0282. The molecule has 33 heavy (non-hydrogen) atoms. The van der Waals surface area contributed by atoms with E-state index in [4.69, 9.17) is 4.98 Å². The molecule has 0 aliphatic carbocycles. The maximum Gasteiger partial charge on any atom is 0.273 e. The lowest BCUT2D eigenvalue weighted by atomic mass is 9.97. The van der Waals surface area contributed by atoms with Crippen molar-refractivity contribution in [2.45, 2.75) is 46.0 Å². The molecule has 0 N–H and O–H groups in total. The average Bonchev–Trinajstić information content (AvgIpc) is 3.46. The van der Waals surface area contributed by atoms with Crippen LogP contribution in [0.15, 0.2) is 29.8 Å². The Balaban J connectivity index is 1.34. The quantitative estimate of drug-likeness (QED) is 0.500. The van der Waals surface area contributed by atoms with E-state index >= 15 is 0 Å². The van der Waals surface area contributed by atoms with Crippen molar-refractivity contribution in [3.05, 3.63) is 61.8 Å². The van der Waals surface area contributed by atoms with E-state index in [1.807, 2.05) is 54.2 Å². The Hall–Kier alpha value is -2.65. The van der Waals surface area contributed by atoms with E-state index in [-0.39, 0.29) is 17.7 Å². The lowest BCUT2D eigenvalue weighted by Gasteiger charge is -2.31. The van der Waals surface area contributed by atoms with Gasteiger partial charge in [-0.05, 0) is 45.7 Å². The topological polar surface area (TPSA) is 79.3 Å². The van der Waals surface area contributed by atoms with Crippen LogP contribution >= 0.6 is 22.7 Å². The predicted octanol–water partition coefficient (Wildman–Crippen LogP) is 4.34. The summed E-state index contributed by atoms with van der Waals surface area (Å²) in [5.74, 6) is 0.339. The first-order chi connectivity index (χ1) is 16.0. The highest BCUT2D eigenvalue weighted by molar-refractivity contribution is 7.13. The summed E-state index contributed by atoms with van der Waals surface area (Å²) < 4.78 is 0. The van der Waals surface area contributed by atoms with Gasteiger partial charge in [0.05, 0.1) is 15.7 Å². The van der Waals surface area contributed by atoms with E-state index in [2.05, 4.69) is 9.97 Å². The Morgan fingerprint density at radius 1 is 1.18 bits per heavy atom. The van der Waals surface area contributed by atoms with Crippen molar-refractivity contribution in [3.63, 3.8) is 0 Å². The highest BCUT2D eigenvalue weighted by atomic mass is 32.1. The molecular weight excluding hydrogens is 454 g/mol. The number of thiazole rings is 2. The second kappa shape index (κ2) is 10.5. The summed E-state index contributed by atoms with van der Waals surface area (Å²) in [6, 6.07) is 5.84. The molecule has 0 saturated carbocycles. The molecule has 0 radical (unpaired) electrons. The first-order valence-electron chi connectivity index (χ1n) is 11.3. The van der Waals surface area contributed by atoms with E-state index in [1.54, 1.807) is 17.5 Å². The summed E-state index contributed by atoms with van der Waals surface area (Å²) in [6.07, 6.45) is 4.23. The Morgan fingerprint density at radius 2 is 1.97 bits per heavy atom. The first kappa shape index (κ1) is 23.5. The van der Waals surface area contributed by atoms with Crippen LogP contribution in [0.1, 0.15) is 67.2 Å². The second-order valence-corrected chi connectivity index (χ2v) is 10.3. The number of hydrogen-bond donors (Lipinski definition) is 0. The molecule has 3 aromatic heterocycles. The maximum atomic E-state index is 13.0. The highest BCUT2D eigenvalue weighted by Gasteiger charge is 2.29. The third kappa shape index (κ3) is 5.47. The molecule has 1 aliphatic heterocycles. The third-order valence-electron chi connectivity index (χ3n) is 6.00. The number of amides is 2. The zero-order chi connectivity index (χ0) is 23.4. The molecule has 1 saturated heterocycles. The lowest BCUT2D eigenvalue weighted by Crippen LogP contribution is -2.37. The fourth-order valence-electron chi connectivity index (χ4n) is 4.14. The van der Waals surface area contributed by atoms with Crippen LogP contribution in [0, 0.1) is 13.8 Å². The molecule has 0 atom stereocenters. The minimum atomic E-state index is -0.0282. The van der Waals surface area contributed by atoms with Gasteiger partial charge in [-0.1, -0.05) is 6.07 Å². The van der Waals surface area contributed by atoms with Crippen molar-refractivity contribution in [2.75, 3.05) is 26.2 Å². The number of rotatable bonds is 7. The number of aryl methyl sites for hydroxylation is 2. The summed E-state index contributed by atoms with van der Waals surface area (Å²) in [4.78, 5) is 43.8. The van der Waals surface area contributed by atoms with Crippen LogP contribution in [-0.2, 0) is 6.42 Å². The molecule has 7 nitrogen and oxygen atoms in total. The summed E-state index contributed by atoms with van der Waals surface area (Å²) in [5, 5.41) is 3.80. The van der Waals surface area contributed by atoms with Crippen molar-refractivity contribution in [3.8, 4) is 0 Å². The number of nitrogens with zero attached hydrogens (tertiary/aromatic N) is 5. The van der Waals surface area contributed by atoms with E-state index in [0.29, 0.717) is 31.9 Å². The van der Waals surface area contributed by atoms with Crippen LogP contribution in [0.2, 0.25) is 0 Å². The third-order valence-corrected chi connectivity index (χ3v) is 8.07. The summed E-state index contributed by atoms with van der Waals surface area (Å²) >= 11 is 3.02. The van der Waals surface area contributed by atoms with Crippen molar-refractivity contribution < 1.29 is 9.59 Å². The minimum Gasteiger partial charge on any atom is -0.338 e. The molecular formula is C24H29N5O2S2. The fourth-order valence-corrected chi connectivity index (χ4v) is 5.99. The molecule has 0 spiro atoms. The molecule has 4 heterocycles. The highest BCUT2D eigenvalue weighted by Crippen LogP contribution is 2.32. The summed E-state index contributed by atoms with van der Waals surface area (Å²) in [5.41, 5.74) is 2.32. The van der Waals surface area contributed by atoms with Crippen molar-refractivity contribution in [1.29, 1.82) is 0 Å². The zero-order valence-corrected chi connectivity index (χ0v) is 20.9. The molecule has 0 bridgehead atoms. The van der Waals surface area contributed by atoms with E-state index < -0.39 is 0 Å². The van der Waals surface area contributed by atoms with Crippen LogP contribution < -0.4 is 0 Å². The SMILES string of the molecule is CCN(CCc1ccccn1)C(=O)c1csc(C2CCN(C(=O)c3sc(C)nc3C)CC2)n1. The van der Waals surface area contributed by atoms with Crippen LogP contribution in [-0.4, -0.2) is 62.7 Å². The molecule has 4 rings (SSSR count). The van der Waals surface area contributed by atoms with Gasteiger partial charge in [0.25, 0.3) is 11.8 Å². The number of likely N-dealkylation sites (N-methyl/N-ethyl adjacent to an activating group) is 1. The molecule has 1 aliphatic rings. The largest absolute Gasteiger partial charge is 0.338 e. The zero-order valence-electron chi connectivity index (χ0n) is 19.3. The van der Waals surface area contributed by atoms with Gasteiger partial charge in [0.2, 0.25) is 0 Å². The molecule has 0 unspecified atom stereocenters. The molecule has 174 valence electrons. The number of likely N-dealkylation sites (tertiary alicyclic amines) is 1. The van der Waals surface area contributed by atoms with E-state index in [9.17, 15) is 9.59 Å². The van der Waals surface area contributed by atoms with Crippen molar-refractivity contribution in [2.24, 2.45) is 0 Å². The standard InChI is InChI=1S/C24H29N5O2S2/c1-4-28(14-10-19-7-5-6-11-25-19)23(30)20-15-32-22(27-20)18-8-12-29(13-9-18)24(31)21-16(2)26-17(3)33-21/h5-7,11,15,18H,4,8-10,12-14H2,1-3H3. The van der Waals surface area contributed by atoms with Crippen molar-refractivity contribution in [1.82, 2.24) is 24.8 Å². The normalized spacial score (nSPS) is 14.5. The predicted molar refractivity (Wildman–Crippen MR) is 131 cm³/mol. The lowest BCUT2D eigenvalue weighted by molar-refractivity contribution is 0.0716. The smallest absolute Gasteiger partial charge is 0.273 e. The van der Waals surface area contributed by atoms with Gasteiger partial charge < -0.3 is 9.80 Å². The Kier molecular flexibility index (Phi) is 7.49. The number of aromatic nitrogens is 3. The van der Waals surface area contributed by atoms with Crippen LogP contribution in [0.4, 0.5) is 0 Å². The Morgan fingerprint density at radius 3 is 2.61 bits per heavy atom. The first-order valence-corrected chi connectivity index (χ1v) is 13.0. The number of piperidine rings is 1. The molecule has 1 fully saturated rings. The van der Waals surface area contributed by atoms with E-state index in [0.717, 1.165) is 45.5 Å². The number of carbonyl (C=O) groups excluding carboxylic acids is 2. The van der Waals surface area contributed by atoms with Crippen LogP contribution in [0.25, 0.3) is 0 Å². The maximum absolute atomic E-state index is 13.0.